The molecule has 4 heteroatoms. The van der Waals surface area contributed by atoms with Crippen LogP contribution >= 0.6 is 23.2 Å². The van der Waals surface area contributed by atoms with Crippen LogP contribution in [0.15, 0.2) is 24.3 Å². The Bertz CT molecular complexity index is 497. The fraction of sp³-hybridized carbons (Fsp3) is 0.182. The number of halogens is 2. The van der Waals surface area contributed by atoms with E-state index in [2.05, 4.69) is 10.3 Å². The van der Waals surface area contributed by atoms with E-state index in [4.69, 9.17) is 23.2 Å². The number of benzene rings is 1. The molecular weight excluding hydrogens is 231 g/mol. The average molecular weight is 241 g/mol. The molecule has 1 aromatic carbocycles. The minimum absolute atomic E-state index is 0.613. The highest BCUT2D eigenvalue weighted by Crippen LogP contribution is 2.26. The van der Waals surface area contributed by atoms with Crippen molar-refractivity contribution in [2.75, 3.05) is 7.05 Å². The second-order valence-corrected chi connectivity index (χ2v) is 4.13. The zero-order chi connectivity index (χ0) is 10.8. The van der Waals surface area contributed by atoms with E-state index in [1.165, 1.54) is 0 Å². The molecule has 0 unspecified atom stereocenters. The van der Waals surface area contributed by atoms with E-state index >= 15 is 0 Å². The maximum atomic E-state index is 6.05. The average Bonchev–Trinajstić information content (AvgIpc) is 2.17. The summed E-state index contributed by atoms with van der Waals surface area (Å²) in [6.45, 7) is 0.736. The molecule has 2 aromatic rings. The zero-order valence-electron chi connectivity index (χ0n) is 8.22. The molecule has 0 bridgehead atoms. The highest BCUT2D eigenvalue weighted by atomic mass is 35.5. The molecule has 0 aliphatic heterocycles. The Morgan fingerprint density at radius 3 is 2.80 bits per heavy atom. The summed E-state index contributed by atoms with van der Waals surface area (Å²) in [5.74, 6) is 0. The SMILES string of the molecule is CNCc1ccc2c(Cl)cc(Cl)cc2n1. The summed E-state index contributed by atoms with van der Waals surface area (Å²) in [7, 11) is 1.89. The molecule has 1 N–H and O–H groups in total. The first-order valence-electron chi connectivity index (χ1n) is 4.60. The fourth-order valence-electron chi connectivity index (χ4n) is 1.48. The number of aromatic nitrogens is 1. The third kappa shape index (κ3) is 2.23. The molecular formula is C11H10Cl2N2. The van der Waals surface area contributed by atoms with Gasteiger partial charge in [0.05, 0.1) is 16.2 Å². The third-order valence-corrected chi connectivity index (χ3v) is 2.67. The van der Waals surface area contributed by atoms with Gasteiger partial charge in [0.25, 0.3) is 0 Å². The second kappa shape index (κ2) is 4.35. The summed E-state index contributed by atoms with van der Waals surface area (Å²) < 4.78 is 0. The van der Waals surface area contributed by atoms with E-state index in [9.17, 15) is 0 Å². The van der Waals surface area contributed by atoms with Gasteiger partial charge in [-0.3, -0.25) is 4.98 Å². The summed E-state index contributed by atoms with van der Waals surface area (Å²) in [5, 5.41) is 5.23. The van der Waals surface area contributed by atoms with Crippen LogP contribution in [0, 0.1) is 0 Å². The number of nitrogens with zero attached hydrogens (tertiary/aromatic N) is 1. The number of nitrogens with one attached hydrogen (secondary N) is 1. The highest BCUT2D eigenvalue weighted by Gasteiger charge is 2.03. The summed E-state index contributed by atoms with van der Waals surface area (Å²) in [5.41, 5.74) is 1.81. The van der Waals surface area contributed by atoms with Crippen molar-refractivity contribution in [1.29, 1.82) is 0 Å². The highest BCUT2D eigenvalue weighted by molar-refractivity contribution is 6.38. The molecule has 0 radical (unpaired) electrons. The molecule has 0 aliphatic carbocycles. The van der Waals surface area contributed by atoms with Crippen molar-refractivity contribution in [2.45, 2.75) is 6.54 Å². The Hall–Kier alpha value is -0.830. The van der Waals surface area contributed by atoms with E-state index < -0.39 is 0 Å². The van der Waals surface area contributed by atoms with E-state index in [1.807, 2.05) is 25.2 Å². The lowest BCUT2D eigenvalue weighted by molar-refractivity contribution is 0.795. The van der Waals surface area contributed by atoms with Crippen LogP contribution in [0.5, 0.6) is 0 Å². The Labute approximate surface area is 98.2 Å². The van der Waals surface area contributed by atoms with E-state index in [1.54, 1.807) is 6.07 Å². The van der Waals surface area contributed by atoms with Crippen molar-refractivity contribution < 1.29 is 0 Å². The number of pyridine rings is 1. The van der Waals surface area contributed by atoms with E-state index in [0.29, 0.717) is 10.0 Å². The quantitative estimate of drug-likeness (QED) is 0.872. The topological polar surface area (TPSA) is 24.9 Å². The number of hydrogen-bond acceptors (Lipinski definition) is 2. The fourth-order valence-corrected chi connectivity index (χ4v) is 2.03. The Kier molecular flexibility index (Phi) is 3.10. The molecule has 2 rings (SSSR count). The molecule has 78 valence electrons. The lowest BCUT2D eigenvalue weighted by Crippen LogP contribution is -2.06. The van der Waals surface area contributed by atoms with E-state index in [0.717, 1.165) is 23.1 Å². The molecule has 0 saturated carbocycles. The van der Waals surface area contributed by atoms with Gasteiger partial charge < -0.3 is 5.32 Å². The van der Waals surface area contributed by atoms with Gasteiger partial charge >= 0.3 is 0 Å². The first kappa shape index (κ1) is 10.7. The Balaban J connectivity index is 2.60. The van der Waals surface area contributed by atoms with Crippen LogP contribution < -0.4 is 5.32 Å². The third-order valence-electron chi connectivity index (χ3n) is 2.14. The van der Waals surface area contributed by atoms with Gasteiger partial charge in [-0.15, -0.1) is 0 Å². The minimum Gasteiger partial charge on any atom is -0.314 e. The molecule has 0 amide bonds. The molecule has 2 nitrogen and oxygen atoms in total. The lowest BCUT2D eigenvalue weighted by atomic mass is 10.2. The summed E-state index contributed by atoms with van der Waals surface area (Å²) in [4.78, 5) is 4.46. The number of fused-ring (bicyclic) bond motifs is 1. The van der Waals surface area contributed by atoms with Gasteiger partial charge in [0.1, 0.15) is 0 Å². The van der Waals surface area contributed by atoms with Crippen LogP contribution in [0.25, 0.3) is 10.9 Å². The van der Waals surface area contributed by atoms with Crippen LogP contribution in [0.2, 0.25) is 10.0 Å². The first-order valence-corrected chi connectivity index (χ1v) is 5.35. The summed E-state index contributed by atoms with van der Waals surface area (Å²) in [6, 6.07) is 7.47. The zero-order valence-corrected chi connectivity index (χ0v) is 9.73. The molecule has 1 heterocycles. The molecule has 0 atom stereocenters. The lowest BCUT2D eigenvalue weighted by Gasteiger charge is -2.04. The molecule has 1 aromatic heterocycles. The van der Waals surface area contributed by atoms with Crippen molar-refractivity contribution in [1.82, 2.24) is 10.3 Å². The van der Waals surface area contributed by atoms with Gasteiger partial charge in [0.2, 0.25) is 0 Å². The summed E-state index contributed by atoms with van der Waals surface area (Å²) in [6.07, 6.45) is 0. The first-order chi connectivity index (χ1) is 7.20. The van der Waals surface area contributed by atoms with Crippen molar-refractivity contribution >= 4 is 34.1 Å². The molecule has 0 aliphatic rings. The molecule has 0 spiro atoms. The number of hydrogen-bond donors (Lipinski definition) is 1. The smallest absolute Gasteiger partial charge is 0.0735 e. The Morgan fingerprint density at radius 2 is 2.07 bits per heavy atom. The largest absolute Gasteiger partial charge is 0.314 e. The van der Waals surface area contributed by atoms with Crippen molar-refractivity contribution in [2.24, 2.45) is 0 Å². The van der Waals surface area contributed by atoms with Gasteiger partial charge in [0.15, 0.2) is 0 Å². The van der Waals surface area contributed by atoms with Crippen LogP contribution in [0.4, 0.5) is 0 Å². The molecule has 15 heavy (non-hydrogen) atoms. The predicted molar refractivity (Wildman–Crippen MR) is 64.5 cm³/mol. The van der Waals surface area contributed by atoms with Crippen LogP contribution in [-0.4, -0.2) is 12.0 Å². The molecule has 0 saturated heterocycles. The van der Waals surface area contributed by atoms with Gasteiger partial charge in [-0.25, -0.2) is 0 Å². The van der Waals surface area contributed by atoms with Crippen molar-refractivity contribution in [3.63, 3.8) is 0 Å². The standard InChI is InChI=1S/C11H10Cl2N2/c1-14-6-8-2-3-9-10(13)4-7(12)5-11(9)15-8/h2-5,14H,6H2,1H3. The van der Waals surface area contributed by atoms with E-state index in [-0.39, 0.29) is 0 Å². The van der Waals surface area contributed by atoms with Crippen LogP contribution in [-0.2, 0) is 6.54 Å². The van der Waals surface area contributed by atoms with Crippen molar-refractivity contribution in [3.05, 3.63) is 40.0 Å². The molecule has 0 fully saturated rings. The predicted octanol–water partition coefficient (Wildman–Crippen LogP) is 3.26. The Morgan fingerprint density at radius 1 is 1.27 bits per heavy atom. The summed E-state index contributed by atoms with van der Waals surface area (Å²) >= 11 is 12.0. The van der Waals surface area contributed by atoms with Gasteiger partial charge in [-0.1, -0.05) is 23.2 Å². The maximum Gasteiger partial charge on any atom is 0.0735 e. The number of rotatable bonds is 2. The maximum absolute atomic E-state index is 6.05. The van der Waals surface area contributed by atoms with Crippen molar-refractivity contribution in [3.8, 4) is 0 Å². The van der Waals surface area contributed by atoms with Gasteiger partial charge in [-0.2, -0.15) is 0 Å². The van der Waals surface area contributed by atoms with Crippen LogP contribution in [0.3, 0.4) is 0 Å². The van der Waals surface area contributed by atoms with Gasteiger partial charge in [0, 0.05) is 17.0 Å². The minimum atomic E-state index is 0.613. The second-order valence-electron chi connectivity index (χ2n) is 3.29. The van der Waals surface area contributed by atoms with Crippen LogP contribution in [0.1, 0.15) is 5.69 Å². The normalized spacial score (nSPS) is 10.9. The monoisotopic (exact) mass is 240 g/mol. The van der Waals surface area contributed by atoms with Gasteiger partial charge in [-0.05, 0) is 31.3 Å².